The number of benzene rings is 2. The van der Waals surface area contributed by atoms with Gasteiger partial charge < -0.3 is 5.32 Å². The van der Waals surface area contributed by atoms with Crippen LogP contribution in [0.3, 0.4) is 0 Å². The molecule has 1 atom stereocenters. The smallest absolute Gasteiger partial charge is 0.252 e. The third kappa shape index (κ3) is 3.62. The van der Waals surface area contributed by atoms with Gasteiger partial charge in [0, 0.05) is 15.1 Å². The predicted molar refractivity (Wildman–Crippen MR) is 86.2 cm³/mol. The van der Waals surface area contributed by atoms with Crippen molar-refractivity contribution < 1.29 is 4.79 Å². The number of amides is 1. The Hall–Kier alpha value is -1.32. The molecule has 0 saturated heterocycles. The quantitative estimate of drug-likeness (QED) is 0.836. The van der Waals surface area contributed by atoms with E-state index in [0.29, 0.717) is 10.6 Å². The molecule has 1 amide bonds. The lowest BCUT2D eigenvalue weighted by Crippen LogP contribution is -2.27. The molecule has 4 heteroatoms. The number of hydrogen-bond acceptors (Lipinski definition) is 1. The normalized spacial score (nSPS) is 12.0. The Kier molecular flexibility index (Phi) is 4.84. The van der Waals surface area contributed by atoms with E-state index >= 15 is 0 Å². The van der Waals surface area contributed by atoms with Gasteiger partial charge in [-0.2, -0.15) is 0 Å². The van der Waals surface area contributed by atoms with Gasteiger partial charge >= 0.3 is 0 Å². The van der Waals surface area contributed by atoms with Gasteiger partial charge in [-0.1, -0.05) is 45.7 Å². The number of halogens is 2. The molecule has 0 aliphatic rings. The van der Waals surface area contributed by atoms with Crippen molar-refractivity contribution in [3.63, 3.8) is 0 Å². The second-order valence-corrected chi connectivity index (χ2v) is 6.06. The molecule has 0 spiro atoms. The number of nitrogens with one attached hydrogen (secondary N) is 1. The standard InChI is InChI=1S/C16H15BrClNO/c1-10-3-6-13(17)9-15(10)16(20)19-11(2)12-4-7-14(18)8-5-12/h3-9,11H,1-2H3,(H,19,20). The molecule has 0 bridgehead atoms. The van der Waals surface area contributed by atoms with Crippen LogP contribution in [0.2, 0.25) is 5.02 Å². The van der Waals surface area contributed by atoms with Crippen LogP contribution in [-0.4, -0.2) is 5.91 Å². The Morgan fingerprint density at radius 3 is 2.50 bits per heavy atom. The second-order valence-electron chi connectivity index (χ2n) is 4.71. The van der Waals surface area contributed by atoms with Crippen molar-refractivity contribution in [1.29, 1.82) is 0 Å². The summed E-state index contributed by atoms with van der Waals surface area (Å²) >= 11 is 9.25. The molecule has 104 valence electrons. The van der Waals surface area contributed by atoms with Gasteiger partial charge in [0.15, 0.2) is 0 Å². The highest BCUT2D eigenvalue weighted by Crippen LogP contribution is 2.19. The Balaban J connectivity index is 2.15. The largest absolute Gasteiger partial charge is 0.346 e. The molecule has 0 aliphatic carbocycles. The van der Waals surface area contributed by atoms with Crippen LogP contribution in [0, 0.1) is 6.92 Å². The number of rotatable bonds is 3. The summed E-state index contributed by atoms with van der Waals surface area (Å²) < 4.78 is 0.896. The SMILES string of the molecule is Cc1ccc(Br)cc1C(=O)NC(C)c1ccc(Cl)cc1. The van der Waals surface area contributed by atoms with Crippen molar-refractivity contribution in [2.75, 3.05) is 0 Å². The zero-order chi connectivity index (χ0) is 14.7. The van der Waals surface area contributed by atoms with Gasteiger partial charge in [0.05, 0.1) is 6.04 Å². The summed E-state index contributed by atoms with van der Waals surface area (Å²) in [5.41, 5.74) is 2.66. The van der Waals surface area contributed by atoms with Gasteiger partial charge in [0.1, 0.15) is 0 Å². The molecular formula is C16H15BrClNO. The molecule has 2 aromatic carbocycles. The molecule has 0 heterocycles. The fourth-order valence-electron chi connectivity index (χ4n) is 1.95. The first kappa shape index (κ1) is 15.1. The second kappa shape index (κ2) is 6.42. The Labute approximate surface area is 132 Å². The lowest BCUT2D eigenvalue weighted by Gasteiger charge is -2.15. The minimum Gasteiger partial charge on any atom is -0.346 e. The van der Waals surface area contributed by atoms with Gasteiger partial charge in [-0.25, -0.2) is 0 Å². The van der Waals surface area contributed by atoms with Crippen LogP contribution in [0.25, 0.3) is 0 Å². The van der Waals surface area contributed by atoms with Gasteiger partial charge in [-0.05, 0) is 49.2 Å². The van der Waals surface area contributed by atoms with Gasteiger partial charge in [-0.15, -0.1) is 0 Å². The van der Waals surface area contributed by atoms with E-state index in [-0.39, 0.29) is 11.9 Å². The Morgan fingerprint density at radius 1 is 1.20 bits per heavy atom. The van der Waals surface area contributed by atoms with E-state index in [1.807, 2.05) is 56.3 Å². The van der Waals surface area contributed by atoms with Crippen molar-refractivity contribution in [3.8, 4) is 0 Å². The predicted octanol–water partition coefficient (Wildman–Crippen LogP) is 4.90. The van der Waals surface area contributed by atoms with Crippen LogP contribution in [0.15, 0.2) is 46.9 Å². The molecule has 2 nitrogen and oxygen atoms in total. The van der Waals surface area contributed by atoms with Crippen molar-refractivity contribution in [1.82, 2.24) is 5.32 Å². The minimum absolute atomic E-state index is 0.0712. The Bertz CT molecular complexity index is 625. The van der Waals surface area contributed by atoms with E-state index in [2.05, 4.69) is 21.2 Å². The van der Waals surface area contributed by atoms with Gasteiger partial charge in [0.25, 0.3) is 5.91 Å². The molecule has 2 rings (SSSR count). The average Bonchev–Trinajstić information content (AvgIpc) is 2.42. The fourth-order valence-corrected chi connectivity index (χ4v) is 2.44. The fraction of sp³-hybridized carbons (Fsp3) is 0.188. The van der Waals surface area contributed by atoms with E-state index in [1.54, 1.807) is 0 Å². The van der Waals surface area contributed by atoms with Crippen molar-refractivity contribution in [2.45, 2.75) is 19.9 Å². The number of carbonyl (C=O) groups is 1. The van der Waals surface area contributed by atoms with E-state index in [1.165, 1.54) is 0 Å². The van der Waals surface area contributed by atoms with E-state index in [4.69, 9.17) is 11.6 Å². The first-order chi connectivity index (χ1) is 9.47. The highest BCUT2D eigenvalue weighted by Gasteiger charge is 2.13. The maximum atomic E-state index is 12.3. The molecular weight excluding hydrogens is 338 g/mol. The summed E-state index contributed by atoms with van der Waals surface area (Å²) in [7, 11) is 0. The monoisotopic (exact) mass is 351 g/mol. The van der Waals surface area contributed by atoms with Crippen LogP contribution in [0.5, 0.6) is 0 Å². The van der Waals surface area contributed by atoms with Crippen molar-refractivity contribution in [3.05, 3.63) is 68.7 Å². The van der Waals surface area contributed by atoms with Crippen LogP contribution in [0.1, 0.15) is 34.5 Å². The summed E-state index contributed by atoms with van der Waals surface area (Å²) in [5.74, 6) is -0.0775. The number of carbonyl (C=O) groups excluding carboxylic acids is 1. The first-order valence-corrected chi connectivity index (χ1v) is 7.47. The zero-order valence-electron chi connectivity index (χ0n) is 11.3. The molecule has 1 unspecified atom stereocenters. The van der Waals surface area contributed by atoms with Gasteiger partial charge in [-0.3, -0.25) is 4.79 Å². The molecule has 2 aromatic rings. The zero-order valence-corrected chi connectivity index (χ0v) is 13.6. The number of hydrogen-bond donors (Lipinski definition) is 1. The summed E-state index contributed by atoms with van der Waals surface area (Å²) in [6.07, 6.45) is 0. The summed E-state index contributed by atoms with van der Waals surface area (Å²) in [4.78, 5) is 12.3. The molecule has 20 heavy (non-hydrogen) atoms. The molecule has 0 radical (unpaired) electrons. The molecule has 1 N–H and O–H groups in total. The van der Waals surface area contributed by atoms with Crippen LogP contribution < -0.4 is 5.32 Å². The molecule has 0 saturated carbocycles. The van der Waals surface area contributed by atoms with Crippen molar-refractivity contribution in [2.24, 2.45) is 0 Å². The average molecular weight is 353 g/mol. The molecule has 0 aromatic heterocycles. The maximum absolute atomic E-state index is 12.3. The van der Waals surface area contributed by atoms with Crippen molar-refractivity contribution >= 4 is 33.4 Å². The van der Waals surface area contributed by atoms with Gasteiger partial charge in [0.2, 0.25) is 0 Å². The topological polar surface area (TPSA) is 29.1 Å². The maximum Gasteiger partial charge on any atom is 0.252 e. The summed E-state index contributed by atoms with van der Waals surface area (Å²) in [6, 6.07) is 13.1. The summed E-state index contributed by atoms with van der Waals surface area (Å²) in [6.45, 7) is 3.88. The lowest BCUT2D eigenvalue weighted by molar-refractivity contribution is 0.0939. The molecule has 0 fully saturated rings. The first-order valence-electron chi connectivity index (χ1n) is 6.30. The highest BCUT2D eigenvalue weighted by atomic mass is 79.9. The van der Waals surface area contributed by atoms with E-state index < -0.39 is 0 Å². The van der Waals surface area contributed by atoms with E-state index in [9.17, 15) is 4.79 Å². The van der Waals surface area contributed by atoms with Crippen LogP contribution >= 0.6 is 27.5 Å². The summed E-state index contributed by atoms with van der Waals surface area (Å²) in [5, 5.41) is 3.69. The van der Waals surface area contributed by atoms with Crippen LogP contribution in [-0.2, 0) is 0 Å². The van der Waals surface area contributed by atoms with Crippen LogP contribution in [0.4, 0.5) is 0 Å². The number of aryl methyl sites for hydroxylation is 1. The third-order valence-corrected chi connectivity index (χ3v) is 3.91. The molecule has 0 aliphatic heterocycles. The Morgan fingerprint density at radius 2 is 1.85 bits per heavy atom. The minimum atomic E-state index is -0.0775. The third-order valence-electron chi connectivity index (χ3n) is 3.16. The van der Waals surface area contributed by atoms with E-state index in [0.717, 1.165) is 15.6 Å². The lowest BCUT2D eigenvalue weighted by atomic mass is 10.1. The highest BCUT2D eigenvalue weighted by molar-refractivity contribution is 9.10.